The molecule has 0 aliphatic heterocycles. The third kappa shape index (κ3) is 12.6. The molecule has 1 atom stereocenters. The van der Waals surface area contributed by atoms with Crippen LogP contribution in [0.2, 0.25) is 0 Å². The fraction of sp³-hybridized carbons (Fsp3) is 0.400. The largest absolute Gasteiger partial charge is 0.536 e. The van der Waals surface area contributed by atoms with E-state index in [1.54, 1.807) is 59.7 Å². The van der Waals surface area contributed by atoms with E-state index in [-0.39, 0.29) is 17.2 Å². The second kappa shape index (κ2) is 10.6. The summed E-state index contributed by atoms with van der Waals surface area (Å²) in [7, 11) is -9.08. The minimum absolute atomic E-state index is 0.0939. The Labute approximate surface area is 182 Å². The van der Waals surface area contributed by atoms with Crippen LogP contribution in [0.25, 0.3) is 0 Å². The summed E-state index contributed by atoms with van der Waals surface area (Å²) in [6, 6.07) is 13.6. The number of phenolic OH excluding ortho intramolecular Hbond substituents is 2. The molecule has 0 saturated heterocycles. The molecule has 0 fully saturated rings. The molecule has 0 aromatic heterocycles. The van der Waals surface area contributed by atoms with Gasteiger partial charge in [0.15, 0.2) is 0 Å². The summed E-state index contributed by atoms with van der Waals surface area (Å²) in [4.78, 5) is 9.88. The smallest absolute Gasteiger partial charge is 0.508 e. The van der Waals surface area contributed by atoms with E-state index in [9.17, 15) is 14.0 Å². The van der Waals surface area contributed by atoms with E-state index < -0.39 is 26.8 Å². The molecule has 11 heteroatoms. The van der Waals surface area contributed by atoms with Gasteiger partial charge in [-0.15, -0.1) is 0 Å². The summed E-state index contributed by atoms with van der Waals surface area (Å²) in [6.07, 6.45) is 0. The van der Waals surface area contributed by atoms with E-state index in [1.807, 2.05) is 0 Å². The van der Waals surface area contributed by atoms with Gasteiger partial charge in [0, 0.05) is 0 Å². The molecule has 2 aromatic carbocycles. The molecular weight excluding hydrogens is 446 g/mol. The third-order valence-corrected chi connectivity index (χ3v) is 6.40. The first-order chi connectivity index (χ1) is 14.0. The Morgan fingerprint density at radius 3 is 1.45 bits per heavy atom. The Bertz CT molecular complexity index is 860. The van der Waals surface area contributed by atoms with Crippen molar-refractivity contribution >= 4 is 15.6 Å². The molecule has 0 heterocycles. The zero-order chi connectivity index (χ0) is 23.9. The van der Waals surface area contributed by atoms with E-state index in [4.69, 9.17) is 28.1 Å². The van der Waals surface area contributed by atoms with E-state index >= 15 is 0 Å². The van der Waals surface area contributed by atoms with Gasteiger partial charge in [-0.05, 0) is 77.9 Å². The standard InChI is InChI=1S/C14H24O7P2.C6H6O2/c1-13(2,3)19-23(17,20-14(4,5)6)21-22(15,16)18-12-10-8-7-9-11-12;7-5-1-2-6(8)4-3-5/h7-11H,1-6H3,(H,15,16);1-4,7-8H. The van der Waals surface area contributed by atoms with Gasteiger partial charge < -0.3 is 14.7 Å². The molecular formula is C20H30O9P2. The highest BCUT2D eigenvalue weighted by atomic mass is 31.3. The normalized spacial score (nSPS) is 14.2. The SMILES string of the molecule is CC(C)(C)OP(=O)(OC(C)(C)C)OP(=O)(O)Oc1ccccc1.Oc1ccc(O)cc1. The van der Waals surface area contributed by atoms with Gasteiger partial charge in [-0.3, -0.25) is 13.9 Å². The van der Waals surface area contributed by atoms with Gasteiger partial charge in [-0.1, -0.05) is 18.2 Å². The molecule has 2 aromatic rings. The van der Waals surface area contributed by atoms with Gasteiger partial charge >= 0.3 is 15.6 Å². The molecule has 1 unspecified atom stereocenters. The van der Waals surface area contributed by atoms with Crippen LogP contribution in [0.5, 0.6) is 17.2 Å². The van der Waals surface area contributed by atoms with Crippen molar-refractivity contribution in [2.75, 3.05) is 0 Å². The molecule has 2 rings (SSSR count). The predicted octanol–water partition coefficient (Wildman–Crippen LogP) is 6.02. The van der Waals surface area contributed by atoms with Gasteiger partial charge in [0.05, 0.1) is 11.2 Å². The van der Waals surface area contributed by atoms with Crippen molar-refractivity contribution in [1.82, 2.24) is 0 Å². The average molecular weight is 476 g/mol. The van der Waals surface area contributed by atoms with E-state index in [0.29, 0.717) is 0 Å². The summed E-state index contributed by atoms with van der Waals surface area (Å²) in [6.45, 7) is 9.72. The van der Waals surface area contributed by atoms with Gasteiger partial charge in [0.2, 0.25) is 0 Å². The summed E-state index contributed by atoms with van der Waals surface area (Å²) in [5.74, 6) is 0.432. The van der Waals surface area contributed by atoms with Crippen LogP contribution in [-0.2, 0) is 22.5 Å². The lowest BCUT2D eigenvalue weighted by Crippen LogP contribution is -2.24. The number of phenols is 2. The highest BCUT2D eigenvalue weighted by Crippen LogP contribution is 2.65. The van der Waals surface area contributed by atoms with E-state index in [1.165, 1.54) is 36.4 Å². The van der Waals surface area contributed by atoms with Crippen molar-refractivity contribution in [1.29, 1.82) is 0 Å². The third-order valence-electron chi connectivity index (χ3n) is 2.79. The maximum atomic E-state index is 12.8. The molecule has 0 saturated carbocycles. The molecule has 0 aliphatic carbocycles. The van der Waals surface area contributed by atoms with Crippen LogP contribution in [-0.4, -0.2) is 26.3 Å². The Balaban J connectivity index is 0.000000500. The summed E-state index contributed by atoms with van der Waals surface area (Å²) in [5.41, 5.74) is -1.85. The molecule has 0 bridgehead atoms. The maximum absolute atomic E-state index is 12.8. The molecule has 0 spiro atoms. The number of phosphoric ester groups is 2. The topological polar surface area (TPSA) is 132 Å². The van der Waals surface area contributed by atoms with E-state index in [0.717, 1.165) is 0 Å². The van der Waals surface area contributed by atoms with Crippen molar-refractivity contribution in [3.05, 3.63) is 54.6 Å². The van der Waals surface area contributed by atoms with Crippen LogP contribution < -0.4 is 4.52 Å². The first-order valence-electron chi connectivity index (χ1n) is 9.27. The minimum atomic E-state index is -4.72. The molecule has 174 valence electrons. The molecule has 31 heavy (non-hydrogen) atoms. The number of para-hydroxylation sites is 1. The Morgan fingerprint density at radius 1 is 0.710 bits per heavy atom. The predicted molar refractivity (Wildman–Crippen MR) is 117 cm³/mol. The maximum Gasteiger partial charge on any atom is 0.536 e. The number of hydrogen-bond acceptors (Lipinski definition) is 8. The Kier molecular flexibility index (Phi) is 9.33. The lowest BCUT2D eigenvalue weighted by molar-refractivity contribution is 0.0189. The van der Waals surface area contributed by atoms with Crippen LogP contribution in [0.15, 0.2) is 54.6 Å². The van der Waals surface area contributed by atoms with Crippen LogP contribution in [0.4, 0.5) is 0 Å². The monoisotopic (exact) mass is 476 g/mol. The highest BCUT2D eigenvalue weighted by molar-refractivity contribution is 7.62. The molecule has 0 aliphatic rings. The highest BCUT2D eigenvalue weighted by Gasteiger charge is 2.44. The molecule has 9 nitrogen and oxygen atoms in total. The Hall–Kier alpha value is -1.86. The van der Waals surface area contributed by atoms with Crippen molar-refractivity contribution in [2.24, 2.45) is 0 Å². The van der Waals surface area contributed by atoms with Crippen molar-refractivity contribution in [2.45, 2.75) is 52.7 Å². The number of rotatable bonds is 6. The second-order valence-electron chi connectivity index (χ2n) is 8.33. The molecule has 0 radical (unpaired) electrons. The second-order valence-corrected chi connectivity index (χ2v) is 11.4. The molecule has 0 amide bonds. The van der Waals surface area contributed by atoms with Crippen LogP contribution in [0.1, 0.15) is 41.5 Å². The number of benzene rings is 2. The minimum Gasteiger partial charge on any atom is -0.508 e. The van der Waals surface area contributed by atoms with Gasteiger partial charge in [0.25, 0.3) is 0 Å². The number of aromatic hydroxyl groups is 2. The fourth-order valence-electron chi connectivity index (χ4n) is 1.93. The van der Waals surface area contributed by atoms with Crippen molar-refractivity contribution < 1.29 is 42.1 Å². The number of hydrogen-bond donors (Lipinski definition) is 3. The van der Waals surface area contributed by atoms with Crippen molar-refractivity contribution in [3.8, 4) is 17.2 Å². The quantitative estimate of drug-likeness (QED) is 0.338. The van der Waals surface area contributed by atoms with E-state index in [2.05, 4.69) is 0 Å². The van der Waals surface area contributed by atoms with Crippen LogP contribution in [0, 0.1) is 0 Å². The fourth-order valence-corrected chi connectivity index (χ4v) is 5.11. The number of phosphoric acid groups is 2. The van der Waals surface area contributed by atoms with Gasteiger partial charge in [0.1, 0.15) is 17.2 Å². The first kappa shape index (κ1) is 27.2. The van der Waals surface area contributed by atoms with Gasteiger partial charge in [-0.2, -0.15) is 4.31 Å². The Morgan fingerprint density at radius 2 is 1.10 bits per heavy atom. The van der Waals surface area contributed by atoms with Crippen molar-refractivity contribution in [3.63, 3.8) is 0 Å². The summed E-state index contributed by atoms with van der Waals surface area (Å²) in [5, 5.41) is 17.3. The zero-order valence-corrected chi connectivity index (χ0v) is 20.2. The van der Waals surface area contributed by atoms with Crippen LogP contribution in [0.3, 0.4) is 0 Å². The lowest BCUT2D eigenvalue weighted by atomic mass is 10.2. The van der Waals surface area contributed by atoms with Crippen LogP contribution >= 0.6 is 15.6 Å². The van der Waals surface area contributed by atoms with Gasteiger partial charge in [-0.25, -0.2) is 9.13 Å². The first-order valence-corrected chi connectivity index (χ1v) is 12.2. The summed E-state index contributed by atoms with van der Waals surface area (Å²) < 4.78 is 45.1. The molecule has 3 N–H and O–H groups in total. The lowest BCUT2D eigenvalue weighted by Gasteiger charge is -2.31. The zero-order valence-electron chi connectivity index (χ0n) is 18.4. The summed E-state index contributed by atoms with van der Waals surface area (Å²) >= 11 is 0. The average Bonchev–Trinajstić information content (AvgIpc) is 2.54.